The molecule has 0 aromatic carbocycles. The molecule has 0 aromatic heterocycles. The zero-order valence-corrected chi connectivity index (χ0v) is 15.7. The van der Waals surface area contributed by atoms with E-state index < -0.39 is 11.9 Å². The van der Waals surface area contributed by atoms with Crippen LogP contribution in [-0.4, -0.2) is 91.7 Å². The van der Waals surface area contributed by atoms with Crippen LogP contribution in [0.4, 0.5) is 0 Å². The summed E-state index contributed by atoms with van der Waals surface area (Å²) in [5, 5.41) is 0. The lowest BCUT2D eigenvalue weighted by Gasteiger charge is -2.08. The normalized spacial score (nSPS) is 10.5. The second-order valence-corrected chi connectivity index (χ2v) is 4.99. The van der Waals surface area contributed by atoms with Gasteiger partial charge in [0.1, 0.15) is 13.2 Å². The van der Waals surface area contributed by atoms with Crippen molar-refractivity contribution in [2.45, 2.75) is 6.92 Å². The van der Waals surface area contributed by atoms with Crippen LogP contribution in [0.25, 0.3) is 0 Å². The van der Waals surface area contributed by atoms with Crippen LogP contribution in [0.15, 0.2) is 12.2 Å². The lowest BCUT2D eigenvalue weighted by Crippen LogP contribution is -2.16. The highest BCUT2D eigenvalue weighted by Gasteiger charge is 2.02. The van der Waals surface area contributed by atoms with Crippen LogP contribution in [0, 0.1) is 0 Å². The Morgan fingerprint density at radius 1 is 0.692 bits per heavy atom. The van der Waals surface area contributed by atoms with Crippen molar-refractivity contribution < 1.29 is 42.7 Å². The summed E-state index contributed by atoms with van der Waals surface area (Å²) in [6.45, 7) is 8.87. The highest BCUT2D eigenvalue weighted by atomic mass is 16.6. The first kappa shape index (κ1) is 24.5. The number of hydrogen-bond donors (Lipinski definition) is 0. The summed E-state index contributed by atoms with van der Waals surface area (Å²) in [5.74, 6) is -0.829. The molecule has 0 N–H and O–H groups in total. The van der Waals surface area contributed by atoms with Crippen molar-refractivity contribution in [3.05, 3.63) is 12.2 Å². The molecule has 0 spiro atoms. The molecule has 0 aliphatic heterocycles. The van der Waals surface area contributed by atoms with E-state index in [0.717, 1.165) is 0 Å². The number of carbonyl (C=O) groups is 2. The smallest absolute Gasteiger partial charge is 0.333 e. The molecule has 9 heteroatoms. The molecule has 0 rings (SSSR count). The fraction of sp³-hybridized carbons (Fsp3) is 0.765. The fourth-order valence-corrected chi connectivity index (χ4v) is 1.41. The van der Waals surface area contributed by atoms with Crippen LogP contribution in [0.3, 0.4) is 0 Å². The van der Waals surface area contributed by atoms with Gasteiger partial charge in [-0.1, -0.05) is 6.58 Å². The molecule has 0 unspecified atom stereocenters. The summed E-state index contributed by atoms with van der Waals surface area (Å²) in [5.41, 5.74) is 0.366. The molecule has 0 aliphatic rings. The largest absolute Gasteiger partial charge is 0.467 e. The van der Waals surface area contributed by atoms with Crippen molar-refractivity contribution >= 4 is 11.9 Å². The van der Waals surface area contributed by atoms with E-state index in [4.69, 9.17) is 28.4 Å². The molecule has 0 heterocycles. The van der Waals surface area contributed by atoms with Gasteiger partial charge >= 0.3 is 11.9 Å². The van der Waals surface area contributed by atoms with Crippen molar-refractivity contribution in [3.8, 4) is 0 Å². The average Bonchev–Trinajstić information content (AvgIpc) is 2.63. The summed E-state index contributed by atoms with van der Waals surface area (Å²) in [6, 6.07) is 0. The second kappa shape index (κ2) is 18.3. The molecular formula is C17H30O9. The van der Waals surface area contributed by atoms with E-state index in [9.17, 15) is 9.59 Å². The maximum Gasteiger partial charge on any atom is 0.333 e. The van der Waals surface area contributed by atoms with Crippen molar-refractivity contribution in [3.63, 3.8) is 0 Å². The maximum absolute atomic E-state index is 11.1. The standard InChI is InChI=1S/C17H30O9/c1-15(2)17(19)26-13-12-24-9-8-22-5-4-21-6-7-23-10-11-25-14-16(18)20-3/h1,4-14H2,2-3H3. The van der Waals surface area contributed by atoms with Gasteiger partial charge in [0.25, 0.3) is 0 Å². The summed E-state index contributed by atoms with van der Waals surface area (Å²) in [4.78, 5) is 21.8. The minimum Gasteiger partial charge on any atom is -0.467 e. The summed E-state index contributed by atoms with van der Waals surface area (Å²) in [7, 11) is 1.31. The zero-order chi connectivity index (χ0) is 19.5. The van der Waals surface area contributed by atoms with Gasteiger partial charge < -0.3 is 33.2 Å². The first-order chi connectivity index (χ1) is 12.6. The van der Waals surface area contributed by atoms with E-state index in [1.807, 2.05) is 0 Å². The topological polar surface area (TPSA) is 98.8 Å². The lowest BCUT2D eigenvalue weighted by molar-refractivity contribution is -0.146. The Hall–Kier alpha value is -1.52. The number of hydrogen-bond acceptors (Lipinski definition) is 9. The minimum atomic E-state index is -0.417. The van der Waals surface area contributed by atoms with Crippen LogP contribution >= 0.6 is 0 Å². The molecule has 9 nitrogen and oxygen atoms in total. The highest BCUT2D eigenvalue weighted by molar-refractivity contribution is 5.86. The summed E-state index contributed by atoms with van der Waals surface area (Å²) >= 11 is 0. The molecule has 0 saturated carbocycles. The maximum atomic E-state index is 11.1. The Morgan fingerprint density at radius 3 is 1.46 bits per heavy atom. The first-order valence-corrected chi connectivity index (χ1v) is 8.36. The Morgan fingerprint density at radius 2 is 1.08 bits per heavy atom. The van der Waals surface area contributed by atoms with E-state index in [2.05, 4.69) is 11.3 Å². The van der Waals surface area contributed by atoms with Crippen LogP contribution in [0.1, 0.15) is 6.92 Å². The minimum absolute atomic E-state index is 0.0724. The molecule has 152 valence electrons. The van der Waals surface area contributed by atoms with Gasteiger partial charge in [-0.25, -0.2) is 9.59 Å². The third-order valence-corrected chi connectivity index (χ3v) is 2.74. The van der Waals surface area contributed by atoms with Gasteiger partial charge in [0.2, 0.25) is 0 Å². The van der Waals surface area contributed by atoms with E-state index in [0.29, 0.717) is 65.0 Å². The molecule has 0 bridgehead atoms. The van der Waals surface area contributed by atoms with E-state index in [1.54, 1.807) is 6.92 Å². The van der Waals surface area contributed by atoms with Crippen molar-refractivity contribution in [1.82, 2.24) is 0 Å². The molecule has 0 radical (unpaired) electrons. The predicted octanol–water partition coefficient (Wildman–Crippen LogP) is 0.362. The van der Waals surface area contributed by atoms with Gasteiger partial charge in [0.15, 0.2) is 0 Å². The number of carbonyl (C=O) groups excluding carboxylic acids is 2. The second-order valence-electron chi connectivity index (χ2n) is 4.99. The van der Waals surface area contributed by atoms with Crippen molar-refractivity contribution in [1.29, 1.82) is 0 Å². The van der Waals surface area contributed by atoms with Gasteiger partial charge in [-0.15, -0.1) is 0 Å². The average molecular weight is 378 g/mol. The quantitative estimate of drug-likeness (QED) is 0.190. The number of esters is 2. The van der Waals surface area contributed by atoms with Gasteiger partial charge in [0, 0.05) is 5.57 Å². The molecule has 0 fully saturated rings. The van der Waals surface area contributed by atoms with Gasteiger partial charge in [-0.2, -0.15) is 0 Å². The number of ether oxygens (including phenoxy) is 7. The molecular weight excluding hydrogens is 348 g/mol. The molecule has 0 aromatic rings. The fourth-order valence-electron chi connectivity index (χ4n) is 1.41. The Bertz CT molecular complexity index is 384. The lowest BCUT2D eigenvalue weighted by atomic mass is 10.4. The third-order valence-electron chi connectivity index (χ3n) is 2.74. The van der Waals surface area contributed by atoms with E-state index in [1.165, 1.54) is 7.11 Å². The number of rotatable bonds is 18. The monoisotopic (exact) mass is 378 g/mol. The Balaban J connectivity index is 3.10. The van der Waals surface area contributed by atoms with Gasteiger partial charge in [-0.05, 0) is 6.92 Å². The highest BCUT2D eigenvalue weighted by Crippen LogP contribution is 1.91. The molecule has 26 heavy (non-hydrogen) atoms. The third kappa shape index (κ3) is 17.3. The zero-order valence-electron chi connectivity index (χ0n) is 15.7. The van der Waals surface area contributed by atoms with Crippen molar-refractivity contribution in [2.24, 2.45) is 0 Å². The summed E-state index contributed by atoms with van der Waals surface area (Å²) < 4.78 is 35.4. The van der Waals surface area contributed by atoms with Crippen LogP contribution in [-0.2, 0) is 42.7 Å². The van der Waals surface area contributed by atoms with Crippen LogP contribution in [0.2, 0.25) is 0 Å². The van der Waals surface area contributed by atoms with E-state index >= 15 is 0 Å². The Labute approximate surface area is 154 Å². The predicted molar refractivity (Wildman–Crippen MR) is 91.9 cm³/mol. The van der Waals surface area contributed by atoms with E-state index in [-0.39, 0.29) is 13.2 Å². The van der Waals surface area contributed by atoms with Gasteiger partial charge in [-0.3, -0.25) is 0 Å². The summed E-state index contributed by atoms with van der Waals surface area (Å²) in [6.07, 6.45) is 0. The molecule has 0 saturated heterocycles. The van der Waals surface area contributed by atoms with Crippen molar-refractivity contribution in [2.75, 3.05) is 79.8 Å². The molecule has 0 amide bonds. The molecule has 0 aliphatic carbocycles. The SMILES string of the molecule is C=C(C)C(=O)OCCOCCOCCOCCOCCOCC(=O)OC. The Kier molecular flexibility index (Phi) is 17.2. The first-order valence-electron chi connectivity index (χ1n) is 8.36. The van der Waals surface area contributed by atoms with Crippen LogP contribution in [0.5, 0.6) is 0 Å². The number of methoxy groups -OCH3 is 1. The van der Waals surface area contributed by atoms with Crippen LogP contribution < -0.4 is 0 Å². The van der Waals surface area contributed by atoms with Gasteiger partial charge in [0.05, 0.1) is 66.6 Å². The molecule has 0 atom stereocenters.